The maximum atomic E-state index is 14.0. The van der Waals surface area contributed by atoms with Gasteiger partial charge in [-0.2, -0.15) is 0 Å². The van der Waals surface area contributed by atoms with Crippen LogP contribution in [-0.4, -0.2) is 145 Å². The molecule has 9 atom stereocenters. The first kappa shape index (κ1) is 59.7. The Kier molecular flexibility index (Phi) is 24.8. The zero-order valence-corrected chi connectivity index (χ0v) is 40.1. The fourth-order valence-electron chi connectivity index (χ4n) is 6.92. The van der Waals surface area contributed by atoms with Crippen LogP contribution in [-0.2, 0) is 65.6 Å². The van der Waals surface area contributed by atoms with Gasteiger partial charge in [0.1, 0.15) is 36.3 Å². The fourth-order valence-corrected chi connectivity index (χ4v) is 6.92. The molecule has 24 nitrogen and oxygen atoms in total. The number of hydrogen-bond acceptors (Lipinski definition) is 13. The number of aliphatic hydroxyl groups is 1. The lowest BCUT2D eigenvalue weighted by molar-refractivity contribution is -0.143. The summed E-state index contributed by atoms with van der Waals surface area (Å²) in [4.78, 5) is 141. The minimum absolute atomic E-state index is 0.0174. The van der Waals surface area contributed by atoms with Crippen LogP contribution < -0.4 is 43.0 Å². The average molecular weight is 999 g/mol. The van der Waals surface area contributed by atoms with Gasteiger partial charge in [-0.05, 0) is 55.6 Å². The maximum Gasteiger partial charge on any atom is 0.326 e. The van der Waals surface area contributed by atoms with Crippen molar-refractivity contribution in [3.63, 3.8) is 0 Å². The smallest absolute Gasteiger partial charge is 0.326 e. The molecule has 0 aliphatic carbocycles. The lowest BCUT2D eigenvalue weighted by Gasteiger charge is -2.30. The van der Waals surface area contributed by atoms with Gasteiger partial charge in [0.15, 0.2) is 6.10 Å². The monoisotopic (exact) mass is 998 g/mol. The predicted molar refractivity (Wildman–Crippen MR) is 251 cm³/mol. The summed E-state index contributed by atoms with van der Waals surface area (Å²) in [6, 6.07) is 4.47. The van der Waals surface area contributed by atoms with Crippen LogP contribution in [0, 0.1) is 11.8 Å². The third-order valence-corrected chi connectivity index (χ3v) is 10.8. The first-order valence-electron chi connectivity index (χ1n) is 22.8. The Bertz CT molecular complexity index is 2180. The zero-order valence-electron chi connectivity index (χ0n) is 40.1. The number of carbonyl (C=O) groups excluding carboxylic acids is 7. The molecule has 0 heterocycles. The van der Waals surface area contributed by atoms with Crippen molar-refractivity contribution in [3.05, 3.63) is 71.8 Å². The molecule has 2 rings (SSSR count). The molecule has 14 N–H and O–H groups in total. The number of nitrogens with one attached hydrogen (secondary N) is 7. The second-order valence-corrected chi connectivity index (χ2v) is 17.7. The van der Waals surface area contributed by atoms with Crippen molar-refractivity contribution >= 4 is 65.2 Å². The second kappa shape index (κ2) is 29.5. The molecule has 0 aliphatic rings. The molecular weight excluding hydrogens is 933 g/mol. The third kappa shape index (κ3) is 21.8. The van der Waals surface area contributed by atoms with E-state index in [1.165, 1.54) is 0 Å². The first-order valence-corrected chi connectivity index (χ1v) is 22.8. The highest BCUT2D eigenvalue weighted by atomic mass is 16.4. The Hall–Kier alpha value is -7.47. The minimum Gasteiger partial charge on any atom is -0.481 e. The summed E-state index contributed by atoms with van der Waals surface area (Å²) in [6.07, 6.45) is -5.40. The molecule has 0 saturated heterocycles. The van der Waals surface area contributed by atoms with E-state index in [0.29, 0.717) is 11.1 Å². The molecule has 390 valence electrons. The SMILES string of the molecule is CC(C)C[C@H](NC(=O)C(NC(=O)[C@@H](N)CCC(=O)O)C(C)C)C(=O)N[C@@H](Cc1ccccc1)[C@@H](O)C(=O)N[C@@H](CC(=O)O)C(=O)N[C@@H](C)C(=O)N[C@@H](CCC(=O)O)C(=O)N[C@@H](Cc1ccccc1)C(=O)O. The number of rotatable bonds is 31. The van der Waals surface area contributed by atoms with Gasteiger partial charge in [0.05, 0.1) is 18.5 Å². The van der Waals surface area contributed by atoms with Gasteiger partial charge in [-0.1, -0.05) is 88.4 Å². The molecule has 1 unspecified atom stereocenters. The van der Waals surface area contributed by atoms with E-state index in [1.54, 1.807) is 88.4 Å². The van der Waals surface area contributed by atoms with Crippen molar-refractivity contribution < 1.29 is 78.3 Å². The van der Waals surface area contributed by atoms with Crippen molar-refractivity contribution in [3.8, 4) is 0 Å². The van der Waals surface area contributed by atoms with Gasteiger partial charge in [0.25, 0.3) is 5.91 Å². The van der Waals surface area contributed by atoms with Crippen LogP contribution >= 0.6 is 0 Å². The lowest BCUT2D eigenvalue weighted by atomic mass is 9.97. The van der Waals surface area contributed by atoms with Crippen molar-refractivity contribution in [1.82, 2.24) is 37.2 Å². The Labute approximate surface area is 409 Å². The van der Waals surface area contributed by atoms with Crippen LogP contribution in [0.15, 0.2) is 60.7 Å². The summed E-state index contributed by atoms with van der Waals surface area (Å²) in [7, 11) is 0. The number of carboxylic acid groups (broad SMARTS) is 4. The summed E-state index contributed by atoms with van der Waals surface area (Å²) in [5.41, 5.74) is 6.89. The summed E-state index contributed by atoms with van der Waals surface area (Å²) in [5, 5.41) is 65.8. The number of carbonyl (C=O) groups is 11. The van der Waals surface area contributed by atoms with Crippen molar-refractivity contribution in [2.24, 2.45) is 17.6 Å². The summed E-state index contributed by atoms with van der Waals surface area (Å²) in [5.74, 6) is -13.6. The highest BCUT2D eigenvalue weighted by Crippen LogP contribution is 2.13. The molecule has 0 aromatic heterocycles. The maximum absolute atomic E-state index is 14.0. The standard InChI is InChI=1S/C47H66N8O16/c1-24(2)20-32(52-45(68)38(25(3)4)55-41(64)29(48)16-18-35(56)57)44(67)51-31(21-27-12-8-6-9-13-27)39(62)46(69)53-33(23-37(60)61)43(66)49-26(5)40(63)50-30(17-19-36(58)59)42(65)54-34(47(70)71)22-28-14-10-7-11-15-28/h6-15,24-26,29-34,38-39,62H,16-23,48H2,1-5H3,(H,49,66)(H,50,63)(H,51,67)(H,52,68)(H,53,69)(H,54,65)(H,55,64)(H,56,57)(H,58,59)(H,60,61)(H,70,71)/t26-,29-,30-,31-,32-,33-,34-,38?,39+/m0/s1. The zero-order chi connectivity index (χ0) is 53.5. The van der Waals surface area contributed by atoms with Gasteiger partial charge in [-0.3, -0.25) is 47.9 Å². The Balaban J connectivity index is 2.32. The van der Waals surface area contributed by atoms with Gasteiger partial charge in [-0.15, -0.1) is 0 Å². The number of benzene rings is 2. The molecule has 0 spiro atoms. The van der Waals surface area contributed by atoms with E-state index in [0.717, 1.165) is 6.92 Å². The van der Waals surface area contributed by atoms with Crippen LogP contribution in [0.5, 0.6) is 0 Å². The van der Waals surface area contributed by atoms with Crippen LogP contribution in [0.2, 0.25) is 0 Å². The second-order valence-electron chi connectivity index (χ2n) is 17.7. The number of carboxylic acids is 4. The predicted octanol–water partition coefficient (Wildman–Crippen LogP) is -1.44. The molecule has 0 bridgehead atoms. The lowest BCUT2D eigenvalue weighted by Crippen LogP contribution is -2.61. The fraction of sp³-hybridized carbons (Fsp3) is 0.511. The Morgan fingerprint density at radius 3 is 1.48 bits per heavy atom. The first-order chi connectivity index (χ1) is 33.3. The molecule has 2 aromatic rings. The van der Waals surface area contributed by atoms with Crippen LogP contribution in [0.1, 0.15) is 84.3 Å². The van der Waals surface area contributed by atoms with Crippen molar-refractivity contribution in [2.75, 3.05) is 0 Å². The van der Waals surface area contributed by atoms with Gasteiger partial charge in [-0.25, -0.2) is 4.79 Å². The van der Waals surface area contributed by atoms with E-state index >= 15 is 0 Å². The number of amides is 7. The number of hydrogen-bond donors (Lipinski definition) is 13. The van der Waals surface area contributed by atoms with Gasteiger partial charge in [0, 0.05) is 19.3 Å². The van der Waals surface area contributed by atoms with E-state index in [2.05, 4.69) is 37.2 Å². The van der Waals surface area contributed by atoms with E-state index < -0.39 is 151 Å². The van der Waals surface area contributed by atoms with Gasteiger partial charge in [0.2, 0.25) is 35.4 Å². The molecular formula is C47H66N8O16. The van der Waals surface area contributed by atoms with Crippen LogP contribution in [0.3, 0.4) is 0 Å². The largest absolute Gasteiger partial charge is 0.481 e. The molecule has 0 saturated carbocycles. The average Bonchev–Trinajstić information content (AvgIpc) is 3.29. The van der Waals surface area contributed by atoms with Crippen LogP contribution in [0.4, 0.5) is 0 Å². The Morgan fingerprint density at radius 1 is 0.493 bits per heavy atom. The molecule has 0 aliphatic heterocycles. The molecule has 24 heteroatoms. The topological polar surface area (TPSA) is 399 Å². The van der Waals surface area contributed by atoms with E-state index in [1.807, 2.05) is 0 Å². The number of nitrogens with two attached hydrogens (primary N) is 1. The van der Waals surface area contributed by atoms with E-state index in [-0.39, 0.29) is 31.6 Å². The van der Waals surface area contributed by atoms with Crippen molar-refractivity contribution in [1.29, 1.82) is 0 Å². The Morgan fingerprint density at radius 2 is 0.972 bits per heavy atom. The molecule has 2 aromatic carbocycles. The summed E-state index contributed by atoms with van der Waals surface area (Å²) in [6.45, 7) is 7.83. The normalized spacial score (nSPS) is 14.9. The quantitative estimate of drug-likeness (QED) is 0.0412. The minimum atomic E-state index is -2.20. The highest BCUT2D eigenvalue weighted by molar-refractivity contribution is 5.97. The van der Waals surface area contributed by atoms with Gasteiger partial charge >= 0.3 is 23.9 Å². The van der Waals surface area contributed by atoms with E-state index in [4.69, 9.17) is 10.8 Å². The highest BCUT2D eigenvalue weighted by Gasteiger charge is 2.37. The van der Waals surface area contributed by atoms with E-state index in [9.17, 15) is 73.2 Å². The summed E-state index contributed by atoms with van der Waals surface area (Å²) < 4.78 is 0. The number of aliphatic carboxylic acids is 4. The van der Waals surface area contributed by atoms with Crippen molar-refractivity contribution in [2.45, 2.75) is 140 Å². The third-order valence-electron chi connectivity index (χ3n) is 10.8. The molecule has 71 heavy (non-hydrogen) atoms. The molecule has 0 radical (unpaired) electrons. The summed E-state index contributed by atoms with van der Waals surface area (Å²) >= 11 is 0. The molecule has 0 fully saturated rings. The molecule has 7 amide bonds. The number of aliphatic hydroxyl groups excluding tert-OH is 1. The van der Waals surface area contributed by atoms with Crippen LogP contribution in [0.25, 0.3) is 0 Å². The van der Waals surface area contributed by atoms with Gasteiger partial charge < -0.3 is 68.5 Å².